The number of carbonyl (C=O) groups is 1. The number of hydrogen-bond acceptors (Lipinski definition) is 5. The van der Waals surface area contributed by atoms with Crippen molar-refractivity contribution in [3.05, 3.63) is 42.5 Å². The molecule has 1 amide bonds. The van der Waals surface area contributed by atoms with Crippen molar-refractivity contribution in [3.63, 3.8) is 0 Å². The molecule has 0 bridgehead atoms. The number of carbonyl (C=O) groups excluding carboxylic acids is 1. The number of hydrogen-bond donors (Lipinski definition) is 1. The van der Waals surface area contributed by atoms with Gasteiger partial charge in [-0.2, -0.15) is 9.40 Å². The SMILES string of the molecule is CN(CC(=O)N1CCC(O)CC1)S(=O)(=O)c1cnn(-c2ccccc2F)c1. The van der Waals surface area contributed by atoms with Crippen LogP contribution in [0.3, 0.4) is 0 Å². The van der Waals surface area contributed by atoms with Crippen LogP contribution in [-0.2, 0) is 14.8 Å². The third-order valence-corrected chi connectivity index (χ3v) is 6.30. The average Bonchev–Trinajstić information content (AvgIpc) is 3.13. The monoisotopic (exact) mass is 396 g/mol. The minimum Gasteiger partial charge on any atom is -0.393 e. The first-order valence-corrected chi connectivity index (χ1v) is 9.95. The highest BCUT2D eigenvalue weighted by Crippen LogP contribution is 2.18. The van der Waals surface area contributed by atoms with Crippen molar-refractivity contribution in [3.8, 4) is 5.69 Å². The van der Waals surface area contributed by atoms with Crippen molar-refractivity contribution >= 4 is 15.9 Å². The highest BCUT2D eigenvalue weighted by Gasteiger charge is 2.28. The van der Waals surface area contributed by atoms with Gasteiger partial charge >= 0.3 is 0 Å². The van der Waals surface area contributed by atoms with Crippen LogP contribution >= 0.6 is 0 Å². The predicted octanol–water partition coefficient (Wildman–Crippen LogP) is 0.615. The number of rotatable bonds is 5. The number of aliphatic hydroxyl groups is 1. The van der Waals surface area contributed by atoms with E-state index in [-0.39, 0.29) is 23.0 Å². The molecule has 1 N–H and O–H groups in total. The number of halogens is 1. The van der Waals surface area contributed by atoms with E-state index in [9.17, 15) is 22.7 Å². The van der Waals surface area contributed by atoms with Crippen molar-refractivity contribution < 1.29 is 22.7 Å². The van der Waals surface area contributed by atoms with E-state index in [0.717, 1.165) is 15.2 Å². The van der Waals surface area contributed by atoms with Gasteiger partial charge in [0, 0.05) is 20.1 Å². The first-order valence-electron chi connectivity index (χ1n) is 8.51. The Labute approximate surface area is 156 Å². The summed E-state index contributed by atoms with van der Waals surface area (Å²) in [5, 5.41) is 13.4. The maximum Gasteiger partial charge on any atom is 0.246 e. The number of para-hydroxylation sites is 1. The second-order valence-electron chi connectivity index (χ2n) is 6.45. The summed E-state index contributed by atoms with van der Waals surface area (Å²) in [6, 6.07) is 5.88. The Morgan fingerprint density at radius 1 is 1.33 bits per heavy atom. The summed E-state index contributed by atoms with van der Waals surface area (Å²) in [4.78, 5) is 13.7. The molecule has 1 fully saturated rings. The smallest absolute Gasteiger partial charge is 0.246 e. The quantitative estimate of drug-likeness (QED) is 0.799. The Morgan fingerprint density at radius 3 is 2.67 bits per heavy atom. The topological polar surface area (TPSA) is 95.7 Å². The van der Waals surface area contributed by atoms with Gasteiger partial charge in [-0.3, -0.25) is 4.79 Å². The number of aromatic nitrogens is 2. The van der Waals surface area contributed by atoms with Crippen LogP contribution in [0.1, 0.15) is 12.8 Å². The first-order chi connectivity index (χ1) is 12.8. The molecular weight excluding hydrogens is 375 g/mol. The summed E-state index contributed by atoms with van der Waals surface area (Å²) in [5.41, 5.74) is 0.129. The average molecular weight is 396 g/mol. The van der Waals surface area contributed by atoms with Crippen LogP contribution < -0.4 is 0 Å². The molecule has 1 aromatic carbocycles. The van der Waals surface area contributed by atoms with Crippen molar-refractivity contribution in [2.75, 3.05) is 26.7 Å². The fraction of sp³-hybridized carbons (Fsp3) is 0.412. The van der Waals surface area contributed by atoms with E-state index in [4.69, 9.17) is 0 Å². The van der Waals surface area contributed by atoms with Crippen LogP contribution in [0.15, 0.2) is 41.6 Å². The summed E-state index contributed by atoms with van der Waals surface area (Å²) < 4.78 is 41.3. The summed E-state index contributed by atoms with van der Waals surface area (Å²) in [6.45, 7) is 0.488. The third kappa shape index (κ3) is 4.18. The standard InChI is InChI=1S/C17H21FN4O4S/c1-20(12-17(24)21-8-6-13(23)7-9-21)27(25,26)14-10-19-22(11-14)16-5-3-2-4-15(16)18/h2-5,10-11,13,23H,6-9,12H2,1H3. The lowest BCUT2D eigenvalue weighted by Crippen LogP contribution is -2.45. The van der Waals surface area contributed by atoms with E-state index in [0.29, 0.717) is 25.9 Å². The van der Waals surface area contributed by atoms with Crippen LogP contribution in [0.4, 0.5) is 4.39 Å². The van der Waals surface area contributed by atoms with E-state index >= 15 is 0 Å². The third-order valence-electron chi connectivity index (χ3n) is 4.54. The molecule has 1 aliphatic heterocycles. The second-order valence-corrected chi connectivity index (χ2v) is 8.49. The van der Waals surface area contributed by atoms with Gasteiger partial charge in [0.1, 0.15) is 16.4 Å². The van der Waals surface area contributed by atoms with Crippen LogP contribution in [0.25, 0.3) is 5.69 Å². The van der Waals surface area contributed by atoms with E-state index in [1.54, 1.807) is 11.0 Å². The lowest BCUT2D eigenvalue weighted by atomic mass is 10.1. The molecule has 10 heteroatoms. The molecule has 27 heavy (non-hydrogen) atoms. The maximum absolute atomic E-state index is 13.9. The van der Waals surface area contributed by atoms with Gasteiger partial charge in [0.05, 0.1) is 25.0 Å². The zero-order chi connectivity index (χ0) is 19.6. The van der Waals surface area contributed by atoms with Crippen molar-refractivity contribution in [1.29, 1.82) is 0 Å². The molecule has 0 spiro atoms. The molecule has 1 aromatic heterocycles. The van der Waals surface area contributed by atoms with Crippen molar-refractivity contribution in [2.45, 2.75) is 23.8 Å². The van der Waals surface area contributed by atoms with Crippen molar-refractivity contribution in [2.24, 2.45) is 0 Å². The molecule has 0 unspecified atom stereocenters. The molecule has 3 rings (SSSR count). The summed E-state index contributed by atoms with van der Waals surface area (Å²) in [6.07, 6.45) is 2.89. The van der Waals surface area contributed by atoms with Crippen LogP contribution in [0.5, 0.6) is 0 Å². The van der Waals surface area contributed by atoms with Gasteiger partial charge in [0.15, 0.2) is 0 Å². The fourth-order valence-corrected chi connectivity index (χ4v) is 3.93. The van der Waals surface area contributed by atoms with Crippen LogP contribution in [0, 0.1) is 5.82 Å². The van der Waals surface area contributed by atoms with Crippen molar-refractivity contribution in [1.82, 2.24) is 19.0 Å². The summed E-state index contributed by atoms with van der Waals surface area (Å²) in [5.74, 6) is -0.852. The Bertz CT molecular complexity index is 923. The van der Waals surface area contributed by atoms with Crippen LogP contribution in [0.2, 0.25) is 0 Å². The minimum atomic E-state index is -3.95. The lowest BCUT2D eigenvalue weighted by Gasteiger charge is -2.30. The zero-order valence-corrected chi connectivity index (χ0v) is 15.6. The van der Waals surface area contributed by atoms with Gasteiger partial charge in [0.2, 0.25) is 15.9 Å². The van der Waals surface area contributed by atoms with E-state index in [1.165, 1.54) is 31.4 Å². The van der Waals surface area contributed by atoms with E-state index < -0.39 is 21.9 Å². The minimum absolute atomic E-state index is 0.129. The Hall–Kier alpha value is -2.30. The number of benzene rings is 1. The molecule has 2 aromatic rings. The molecule has 8 nitrogen and oxygen atoms in total. The van der Waals surface area contributed by atoms with Gasteiger partial charge in [0.25, 0.3) is 0 Å². The Balaban J connectivity index is 1.72. The van der Waals surface area contributed by atoms with Crippen LogP contribution in [-0.4, -0.2) is 71.2 Å². The fourth-order valence-electron chi connectivity index (χ4n) is 2.88. The molecule has 1 aliphatic rings. The van der Waals surface area contributed by atoms with E-state index in [1.807, 2.05) is 0 Å². The molecule has 0 radical (unpaired) electrons. The zero-order valence-electron chi connectivity index (χ0n) is 14.8. The molecule has 0 atom stereocenters. The highest BCUT2D eigenvalue weighted by molar-refractivity contribution is 7.89. The summed E-state index contributed by atoms with van der Waals surface area (Å²) >= 11 is 0. The molecular formula is C17H21FN4O4S. The van der Waals surface area contributed by atoms with Gasteiger partial charge < -0.3 is 10.0 Å². The molecule has 0 aliphatic carbocycles. The summed E-state index contributed by atoms with van der Waals surface area (Å²) in [7, 11) is -2.64. The normalized spacial score (nSPS) is 16.1. The first kappa shape index (κ1) is 19.5. The van der Waals surface area contributed by atoms with E-state index in [2.05, 4.69) is 5.10 Å². The predicted molar refractivity (Wildman–Crippen MR) is 95.2 cm³/mol. The number of likely N-dealkylation sites (N-methyl/N-ethyl adjacent to an activating group) is 1. The molecule has 0 saturated carbocycles. The largest absolute Gasteiger partial charge is 0.393 e. The van der Waals surface area contributed by atoms with Gasteiger partial charge in [-0.15, -0.1) is 0 Å². The number of sulfonamides is 1. The Kier molecular flexibility index (Phi) is 5.59. The second kappa shape index (κ2) is 7.75. The lowest BCUT2D eigenvalue weighted by molar-refractivity contribution is -0.133. The number of aliphatic hydroxyl groups excluding tert-OH is 1. The Morgan fingerprint density at radius 2 is 2.00 bits per heavy atom. The number of likely N-dealkylation sites (tertiary alicyclic amines) is 1. The molecule has 2 heterocycles. The molecule has 146 valence electrons. The number of nitrogens with zero attached hydrogens (tertiary/aromatic N) is 4. The number of amides is 1. The highest BCUT2D eigenvalue weighted by atomic mass is 32.2. The maximum atomic E-state index is 13.9. The molecule has 1 saturated heterocycles. The number of piperidine rings is 1. The van der Waals surface area contributed by atoms with Gasteiger partial charge in [-0.05, 0) is 25.0 Å². The van der Waals surface area contributed by atoms with Gasteiger partial charge in [-0.1, -0.05) is 12.1 Å². The van der Waals surface area contributed by atoms with Gasteiger partial charge in [-0.25, -0.2) is 17.5 Å².